The lowest BCUT2D eigenvalue weighted by atomic mass is 10.2. The Balaban J connectivity index is 1.47. The molecule has 1 aliphatic heterocycles. The fourth-order valence-corrected chi connectivity index (χ4v) is 4.01. The van der Waals surface area contributed by atoms with Crippen molar-refractivity contribution in [3.63, 3.8) is 0 Å². The first-order valence-corrected chi connectivity index (χ1v) is 11.3. The van der Waals surface area contributed by atoms with E-state index in [0.29, 0.717) is 33.7 Å². The number of urea groups is 1. The number of rotatable bonds is 9. The number of anilines is 2. The molecule has 0 unspecified atom stereocenters. The summed E-state index contributed by atoms with van der Waals surface area (Å²) in [5, 5.41) is 8.33. The lowest BCUT2D eigenvalue weighted by Crippen LogP contribution is -2.34. The Morgan fingerprint density at radius 2 is 1.94 bits per heavy atom. The fraction of sp³-hybridized carbons (Fsp3) is 0.381. The summed E-state index contributed by atoms with van der Waals surface area (Å²) in [4.78, 5) is 38.2. The van der Waals surface area contributed by atoms with E-state index in [-0.39, 0.29) is 18.5 Å². The van der Waals surface area contributed by atoms with Crippen LogP contribution in [0.15, 0.2) is 36.4 Å². The first-order chi connectivity index (χ1) is 15.0. The number of benzene rings is 1. The topological polar surface area (TPSA) is 99.8 Å². The SMILES string of the molecule is CCCCCNC(=O)Nc1ccc(N2C[C@H](CNC(=O)c3ccc(Cl)s3)OC2=O)cc1. The van der Waals surface area contributed by atoms with Crippen LogP contribution in [0.4, 0.5) is 21.0 Å². The first-order valence-electron chi connectivity index (χ1n) is 10.1. The van der Waals surface area contributed by atoms with Crippen LogP contribution in [0.3, 0.4) is 0 Å². The van der Waals surface area contributed by atoms with E-state index < -0.39 is 12.2 Å². The van der Waals surface area contributed by atoms with E-state index >= 15 is 0 Å². The van der Waals surface area contributed by atoms with Crippen LogP contribution in [0.25, 0.3) is 0 Å². The summed E-state index contributed by atoms with van der Waals surface area (Å²) in [6, 6.07) is 9.98. The molecular formula is C21H25ClN4O4S. The maximum Gasteiger partial charge on any atom is 0.414 e. The third kappa shape index (κ3) is 6.60. The number of thiophene rings is 1. The van der Waals surface area contributed by atoms with Crippen LogP contribution >= 0.6 is 22.9 Å². The third-order valence-corrected chi connectivity index (χ3v) is 5.89. The second-order valence-electron chi connectivity index (χ2n) is 7.07. The Kier molecular flexibility index (Phi) is 8.13. The predicted molar refractivity (Wildman–Crippen MR) is 122 cm³/mol. The highest BCUT2D eigenvalue weighted by Crippen LogP contribution is 2.24. The largest absolute Gasteiger partial charge is 0.442 e. The van der Waals surface area contributed by atoms with Gasteiger partial charge in [-0.15, -0.1) is 11.3 Å². The van der Waals surface area contributed by atoms with Gasteiger partial charge in [0, 0.05) is 17.9 Å². The molecule has 1 aliphatic rings. The number of amides is 4. The molecule has 0 spiro atoms. The Morgan fingerprint density at radius 1 is 1.16 bits per heavy atom. The molecule has 31 heavy (non-hydrogen) atoms. The number of carbonyl (C=O) groups is 3. The molecule has 4 amide bonds. The van der Waals surface area contributed by atoms with Crippen molar-refractivity contribution in [3.05, 3.63) is 45.6 Å². The summed E-state index contributed by atoms with van der Waals surface area (Å²) < 4.78 is 5.89. The van der Waals surface area contributed by atoms with E-state index in [0.717, 1.165) is 19.3 Å². The standard InChI is InChI=1S/C21H25ClN4O4S/c1-2-3-4-11-23-20(28)25-14-5-7-15(8-6-14)26-13-16(30-21(26)29)12-24-19(27)17-9-10-18(22)31-17/h5-10,16H,2-4,11-13H2,1H3,(H,24,27)(H2,23,25,28)/t16-/m0/s1. The maximum atomic E-state index is 12.2. The Morgan fingerprint density at radius 3 is 2.61 bits per heavy atom. The van der Waals surface area contributed by atoms with Crippen molar-refractivity contribution in [2.45, 2.75) is 32.3 Å². The summed E-state index contributed by atoms with van der Waals surface area (Å²) in [5.74, 6) is -0.255. The van der Waals surface area contributed by atoms with Gasteiger partial charge < -0.3 is 20.7 Å². The maximum absolute atomic E-state index is 12.2. The molecule has 0 radical (unpaired) electrons. The van der Waals surface area contributed by atoms with Gasteiger partial charge >= 0.3 is 12.1 Å². The molecule has 166 valence electrons. The summed E-state index contributed by atoms with van der Waals surface area (Å²) in [7, 11) is 0. The Hall–Kier alpha value is -2.78. The highest BCUT2D eigenvalue weighted by molar-refractivity contribution is 7.18. The van der Waals surface area contributed by atoms with Gasteiger partial charge in [-0.25, -0.2) is 9.59 Å². The highest BCUT2D eigenvalue weighted by Gasteiger charge is 2.32. The van der Waals surface area contributed by atoms with Crippen LogP contribution < -0.4 is 20.9 Å². The van der Waals surface area contributed by atoms with Gasteiger partial charge in [0.2, 0.25) is 0 Å². The van der Waals surface area contributed by atoms with Gasteiger partial charge in [0.05, 0.1) is 22.3 Å². The molecule has 0 bridgehead atoms. The van der Waals surface area contributed by atoms with Crippen molar-refractivity contribution in [3.8, 4) is 0 Å². The van der Waals surface area contributed by atoms with Crippen molar-refractivity contribution < 1.29 is 19.1 Å². The van der Waals surface area contributed by atoms with Crippen LogP contribution in [0.1, 0.15) is 35.9 Å². The molecule has 1 aromatic heterocycles. The van der Waals surface area contributed by atoms with E-state index in [1.54, 1.807) is 36.4 Å². The molecule has 8 nitrogen and oxygen atoms in total. The minimum Gasteiger partial charge on any atom is -0.442 e. The number of hydrogen-bond donors (Lipinski definition) is 3. The number of cyclic esters (lactones) is 1. The predicted octanol–water partition coefficient (Wildman–Crippen LogP) is 4.47. The fourth-order valence-electron chi connectivity index (χ4n) is 3.05. The zero-order valence-corrected chi connectivity index (χ0v) is 18.7. The molecular weight excluding hydrogens is 440 g/mol. The van der Waals surface area contributed by atoms with Crippen molar-refractivity contribution >= 4 is 52.3 Å². The number of carbonyl (C=O) groups excluding carboxylic acids is 3. The molecule has 1 saturated heterocycles. The molecule has 1 aromatic carbocycles. The Bertz CT molecular complexity index is 918. The van der Waals surface area contributed by atoms with Gasteiger partial charge in [-0.05, 0) is 42.8 Å². The lowest BCUT2D eigenvalue weighted by molar-refractivity contribution is 0.0920. The molecule has 1 fully saturated rings. The summed E-state index contributed by atoms with van der Waals surface area (Å²) in [6.07, 6.45) is 2.18. The molecule has 0 aliphatic carbocycles. The number of nitrogens with one attached hydrogen (secondary N) is 3. The van der Waals surface area contributed by atoms with Crippen molar-refractivity contribution in [1.82, 2.24) is 10.6 Å². The van der Waals surface area contributed by atoms with E-state index in [4.69, 9.17) is 16.3 Å². The van der Waals surface area contributed by atoms with Crippen molar-refractivity contribution in [2.24, 2.45) is 0 Å². The quantitative estimate of drug-likeness (QED) is 0.477. The first kappa shape index (κ1) is 22.9. The Labute approximate surface area is 189 Å². The van der Waals surface area contributed by atoms with Gasteiger partial charge in [0.25, 0.3) is 5.91 Å². The van der Waals surface area contributed by atoms with Crippen LogP contribution in [0.5, 0.6) is 0 Å². The van der Waals surface area contributed by atoms with Crippen LogP contribution in [0.2, 0.25) is 4.34 Å². The van der Waals surface area contributed by atoms with Gasteiger partial charge in [-0.1, -0.05) is 31.4 Å². The normalized spacial score (nSPS) is 15.5. The van der Waals surface area contributed by atoms with E-state index in [2.05, 4.69) is 22.9 Å². The van der Waals surface area contributed by atoms with E-state index in [1.165, 1.54) is 16.2 Å². The van der Waals surface area contributed by atoms with Crippen LogP contribution in [-0.2, 0) is 4.74 Å². The lowest BCUT2D eigenvalue weighted by Gasteiger charge is -2.14. The number of nitrogens with zero attached hydrogens (tertiary/aromatic N) is 1. The monoisotopic (exact) mass is 464 g/mol. The highest BCUT2D eigenvalue weighted by atomic mass is 35.5. The molecule has 3 rings (SSSR count). The zero-order chi connectivity index (χ0) is 22.2. The van der Waals surface area contributed by atoms with E-state index in [1.807, 2.05) is 0 Å². The number of ether oxygens (including phenoxy) is 1. The van der Waals surface area contributed by atoms with Gasteiger partial charge in [-0.2, -0.15) is 0 Å². The summed E-state index contributed by atoms with van der Waals surface area (Å²) in [5.41, 5.74) is 1.28. The van der Waals surface area contributed by atoms with Gasteiger partial charge in [0.15, 0.2) is 0 Å². The molecule has 2 aromatic rings. The average Bonchev–Trinajstić information content (AvgIpc) is 3.35. The van der Waals surface area contributed by atoms with Crippen molar-refractivity contribution in [2.75, 3.05) is 29.9 Å². The number of hydrogen-bond acceptors (Lipinski definition) is 5. The molecule has 3 N–H and O–H groups in total. The minimum absolute atomic E-state index is 0.203. The number of halogens is 1. The minimum atomic E-state index is -0.479. The zero-order valence-electron chi connectivity index (χ0n) is 17.2. The number of unbranched alkanes of at least 4 members (excludes halogenated alkanes) is 2. The summed E-state index contributed by atoms with van der Waals surface area (Å²) >= 11 is 7.04. The van der Waals surface area contributed by atoms with Crippen LogP contribution in [0, 0.1) is 0 Å². The molecule has 10 heteroatoms. The van der Waals surface area contributed by atoms with Crippen LogP contribution in [-0.4, -0.2) is 43.8 Å². The summed E-state index contributed by atoms with van der Waals surface area (Å²) in [6.45, 7) is 3.26. The van der Waals surface area contributed by atoms with Gasteiger partial charge in [0.1, 0.15) is 6.10 Å². The average molecular weight is 465 g/mol. The van der Waals surface area contributed by atoms with Crippen molar-refractivity contribution in [1.29, 1.82) is 0 Å². The third-order valence-electron chi connectivity index (χ3n) is 4.66. The molecule has 1 atom stereocenters. The molecule has 0 saturated carbocycles. The molecule has 2 heterocycles. The second-order valence-corrected chi connectivity index (χ2v) is 8.78. The van der Waals surface area contributed by atoms with Gasteiger partial charge in [-0.3, -0.25) is 9.69 Å². The second kappa shape index (κ2) is 11.0. The smallest absolute Gasteiger partial charge is 0.414 e. The van der Waals surface area contributed by atoms with E-state index in [9.17, 15) is 14.4 Å².